The van der Waals surface area contributed by atoms with E-state index >= 15 is 0 Å². The van der Waals surface area contributed by atoms with Gasteiger partial charge in [0, 0.05) is 6.42 Å². The monoisotopic (exact) mass is 254 g/mol. The van der Waals surface area contributed by atoms with Crippen LogP contribution in [0.2, 0.25) is 0 Å². The summed E-state index contributed by atoms with van der Waals surface area (Å²) in [6, 6.07) is 0. The zero-order valence-corrected chi connectivity index (χ0v) is 11.7. The van der Waals surface area contributed by atoms with E-state index in [1.165, 1.54) is 19.3 Å². The second-order valence-corrected chi connectivity index (χ2v) is 5.26. The molecule has 1 heterocycles. The van der Waals surface area contributed by atoms with Crippen LogP contribution < -0.4 is 0 Å². The van der Waals surface area contributed by atoms with Crippen molar-refractivity contribution in [1.82, 2.24) is 0 Å². The number of esters is 1. The Bertz CT molecular complexity index is 273. The molecule has 1 rings (SSSR count). The van der Waals surface area contributed by atoms with Crippen LogP contribution in [0, 0.1) is 5.92 Å². The highest BCUT2D eigenvalue weighted by molar-refractivity contribution is 5.88. The summed E-state index contributed by atoms with van der Waals surface area (Å²) in [6.07, 6.45) is 8.21. The predicted octanol–water partition coefficient (Wildman–Crippen LogP) is 3.65. The van der Waals surface area contributed by atoms with E-state index in [1.54, 1.807) is 0 Å². The maximum Gasteiger partial charge on any atom is 0.306 e. The molecule has 0 N–H and O–H groups in total. The summed E-state index contributed by atoms with van der Waals surface area (Å²) in [5.41, 5.74) is 0. The molecule has 0 bridgehead atoms. The largest absolute Gasteiger partial charge is 0.462 e. The Morgan fingerprint density at radius 2 is 1.89 bits per heavy atom. The average molecular weight is 254 g/mol. The Labute approximate surface area is 110 Å². The zero-order chi connectivity index (χ0) is 13.4. The van der Waals surface area contributed by atoms with E-state index < -0.39 is 0 Å². The Morgan fingerprint density at radius 3 is 2.56 bits per heavy atom. The highest BCUT2D eigenvalue weighted by Crippen LogP contribution is 2.28. The smallest absolute Gasteiger partial charge is 0.306 e. The molecule has 1 saturated heterocycles. The Kier molecular flexibility index (Phi) is 6.99. The Hall–Kier alpha value is -0.860. The van der Waals surface area contributed by atoms with Crippen LogP contribution >= 0.6 is 0 Å². The molecule has 3 heteroatoms. The standard InChI is InChI=1S/C15H26O3/c1-3-5-7-8-10-14-12(11-15(17)18-14)13(16)9-6-4-2/h12,14H,3-11H2,1-2H3/t12-,14-/m0/s1. The maximum atomic E-state index is 12.0. The van der Waals surface area contributed by atoms with Gasteiger partial charge in [-0.2, -0.15) is 0 Å². The molecule has 0 aliphatic carbocycles. The molecule has 0 unspecified atom stereocenters. The molecular weight excluding hydrogens is 228 g/mol. The molecule has 1 fully saturated rings. The van der Waals surface area contributed by atoms with Gasteiger partial charge in [0.1, 0.15) is 11.9 Å². The van der Waals surface area contributed by atoms with E-state index in [0.29, 0.717) is 12.8 Å². The van der Waals surface area contributed by atoms with Crippen molar-refractivity contribution in [1.29, 1.82) is 0 Å². The van der Waals surface area contributed by atoms with Crippen LogP contribution in [0.25, 0.3) is 0 Å². The third-order valence-corrected chi connectivity index (χ3v) is 3.65. The molecule has 0 radical (unpaired) electrons. The van der Waals surface area contributed by atoms with Crippen molar-refractivity contribution < 1.29 is 14.3 Å². The number of carbonyl (C=O) groups excluding carboxylic acids is 2. The summed E-state index contributed by atoms with van der Waals surface area (Å²) >= 11 is 0. The lowest BCUT2D eigenvalue weighted by molar-refractivity contribution is -0.141. The lowest BCUT2D eigenvalue weighted by atomic mass is 9.90. The van der Waals surface area contributed by atoms with Crippen molar-refractivity contribution in [2.24, 2.45) is 5.92 Å². The summed E-state index contributed by atoms with van der Waals surface area (Å²) in [4.78, 5) is 23.4. The summed E-state index contributed by atoms with van der Waals surface area (Å²) in [7, 11) is 0. The summed E-state index contributed by atoms with van der Waals surface area (Å²) in [6.45, 7) is 4.25. The first-order chi connectivity index (χ1) is 8.69. The van der Waals surface area contributed by atoms with Gasteiger partial charge in [0.2, 0.25) is 0 Å². The van der Waals surface area contributed by atoms with Gasteiger partial charge in [0.05, 0.1) is 12.3 Å². The lowest BCUT2D eigenvalue weighted by Gasteiger charge is -2.16. The van der Waals surface area contributed by atoms with Crippen molar-refractivity contribution in [2.45, 2.75) is 77.7 Å². The minimum Gasteiger partial charge on any atom is -0.462 e. The van der Waals surface area contributed by atoms with Gasteiger partial charge in [-0.15, -0.1) is 0 Å². The minimum absolute atomic E-state index is 0.140. The van der Waals surface area contributed by atoms with Crippen molar-refractivity contribution in [3.63, 3.8) is 0 Å². The molecule has 0 aromatic carbocycles. The topological polar surface area (TPSA) is 43.4 Å². The van der Waals surface area contributed by atoms with Crippen molar-refractivity contribution >= 4 is 11.8 Å². The summed E-state index contributed by atoms with van der Waals surface area (Å²) in [5.74, 6) is -0.126. The molecule has 3 nitrogen and oxygen atoms in total. The molecule has 18 heavy (non-hydrogen) atoms. The number of carbonyl (C=O) groups is 2. The Balaban J connectivity index is 2.38. The van der Waals surface area contributed by atoms with Gasteiger partial charge in [-0.25, -0.2) is 0 Å². The molecule has 0 aromatic rings. The van der Waals surface area contributed by atoms with Crippen LogP contribution in [0.1, 0.15) is 71.6 Å². The van der Waals surface area contributed by atoms with Gasteiger partial charge in [-0.1, -0.05) is 39.5 Å². The van der Waals surface area contributed by atoms with E-state index in [1.807, 2.05) is 0 Å². The number of Topliss-reactive ketones (excluding diaryl/α,β-unsaturated/α-hetero) is 1. The van der Waals surface area contributed by atoms with Crippen LogP contribution in [0.3, 0.4) is 0 Å². The Morgan fingerprint density at radius 1 is 1.17 bits per heavy atom. The van der Waals surface area contributed by atoms with E-state index in [9.17, 15) is 9.59 Å². The number of hydrogen-bond acceptors (Lipinski definition) is 3. The first kappa shape index (κ1) is 15.2. The van der Waals surface area contributed by atoms with Gasteiger partial charge in [0.15, 0.2) is 0 Å². The molecule has 0 spiro atoms. The van der Waals surface area contributed by atoms with E-state index in [0.717, 1.165) is 25.7 Å². The maximum absolute atomic E-state index is 12.0. The second kappa shape index (κ2) is 8.28. The van der Waals surface area contributed by atoms with Crippen LogP contribution in [-0.2, 0) is 14.3 Å². The van der Waals surface area contributed by atoms with Crippen LogP contribution in [-0.4, -0.2) is 17.9 Å². The molecule has 2 atom stereocenters. The summed E-state index contributed by atoms with van der Waals surface area (Å²) < 4.78 is 5.30. The van der Waals surface area contributed by atoms with E-state index in [2.05, 4.69) is 13.8 Å². The molecular formula is C15H26O3. The van der Waals surface area contributed by atoms with Crippen LogP contribution in [0.5, 0.6) is 0 Å². The number of ether oxygens (including phenoxy) is 1. The zero-order valence-electron chi connectivity index (χ0n) is 11.7. The summed E-state index contributed by atoms with van der Waals surface area (Å²) in [5, 5.41) is 0. The predicted molar refractivity (Wildman–Crippen MR) is 71.3 cm³/mol. The molecule has 0 saturated carbocycles. The highest BCUT2D eigenvalue weighted by atomic mass is 16.5. The third-order valence-electron chi connectivity index (χ3n) is 3.65. The fourth-order valence-corrected chi connectivity index (χ4v) is 2.50. The molecule has 104 valence electrons. The number of hydrogen-bond donors (Lipinski definition) is 0. The second-order valence-electron chi connectivity index (χ2n) is 5.26. The number of unbranched alkanes of at least 4 members (excludes halogenated alkanes) is 4. The van der Waals surface area contributed by atoms with Crippen molar-refractivity contribution in [2.75, 3.05) is 0 Å². The average Bonchev–Trinajstić information content (AvgIpc) is 2.73. The fourth-order valence-electron chi connectivity index (χ4n) is 2.50. The van der Waals surface area contributed by atoms with Gasteiger partial charge >= 0.3 is 5.97 Å². The van der Waals surface area contributed by atoms with E-state index in [-0.39, 0.29) is 23.8 Å². The third kappa shape index (κ3) is 4.79. The van der Waals surface area contributed by atoms with Gasteiger partial charge in [-0.3, -0.25) is 9.59 Å². The molecule has 1 aliphatic heterocycles. The molecule has 0 aromatic heterocycles. The van der Waals surface area contributed by atoms with Crippen LogP contribution in [0.15, 0.2) is 0 Å². The molecule has 1 aliphatic rings. The highest BCUT2D eigenvalue weighted by Gasteiger charge is 2.38. The number of cyclic esters (lactones) is 1. The lowest BCUT2D eigenvalue weighted by Crippen LogP contribution is -2.24. The van der Waals surface area contributed by atoms with Gasteiger partial charge in [0.25, 0.3) is 0 Å². The SMILES string of the molecule is CCCCCC[C@@H]1OC(=O)C[C@H]1C(=O)CCCC. The number of rotatable bonds is 9. The van der Waals surface area contributed by atoms with Crippen LogP contribution in [0.4, 0.5) is 0 Å². The van der Waals surface area contributed by atoms with Gasteiger partial charge < -0.3 is 4.74 Å². The normalized spacial score (nSPS) is 23.1. The minimum atomic E-state index is -0.190. The fraction of sp³-hybridized carbons (Fsp3) is 0.867. The number of ketones is 1. The molecule has 0 amide bonds. The van der Waals surface area contributed by atoms with Crippen molar-refractivity contribution in [3.8, 4) is 0 Å². The van der Waals surface area contributed by atoms with E-state index in [4.69, 9.17) is 4.74 Å². The first-order valence-corrected chi connectivity index (χ1v) is 7.41. The van der Waals surface area contributed by atoms with Crippen molar-refractivity contribution in [3.05, 3.63) is 0 Å². The van der Waals surface area contributed by atoms with Gasteiger partial charge in [-0.05, 0) is 19.3 Å². The quantitative estimate of drug-likeness (QED) is 0.466. The first-order valence-electron chi connectivity index (χ1n) is 7.41.